The van der Waals surface area contributed by atoms with Gasteiger partial charge in [-0.3, -0.25) is 19.3 Å². The number of imidazole rings is 1. The standard InChI is InChI=1S/C17H13ClN4O5S/c1-28-17-20-15(13-4-2-3-7-21(13)17)16(24)27-9-14(23)19-12-8-10(22(25)26)5-6-11(12)18/h2-8H,9H2,1H3,(H,19,23). The van der Waals surface area contributed by atoms with Gasteiger partial charge in [-0.25, -0.2) is 9.78 Å². The van der Waals surface area contributed by atoms with Gasteiger partial charge in [0, 0.05) is 18.3 Å². The maximum Gasteiger partial charge on any atom is 0.359 e. The zero-order chi connectivity index (χ0) is 20.3. The molecule has 0 atom stereocenters. The number of nitro groups is 1. The molecule has 1 N–H and O–H groups in total. The first-order valence-corrected chi connectivity index (χ1v) is 9.43. The minimum atomic E-state index is -0.760. The quantitative estimate of drug-likeness (QED) is 0.281. The summed E-state index contributed by atoms with van der Waals surface area (Å²) in [5, 5.41) is 13.9. The van der Waals surface area contributed by atoms with Crippen molar-refractivity contribution in [2.75, 3.05) is 18.2 Å². The highest BCUT2D eigenvalue weighted by atomic mass is 35.5. The average Bonchev–Trinajstić information content (AvgIpc) is 3.06. The molecule has 11 heteroatoms. The topological polar surface area (TPSA) is 116 Å². The highest BCUT2D eigenvalue weighted by Crippen LogP contribution is 2.26. The van der Waals surface area contributed by atoms with Crippen LogP contribution in [0.15, 0.2) is 47.8 Å². The Balaban J connectivity index is 1.69. The third-order valence-electron chi connectivity index (χ3n) is 3.66. The molecule has 2 heterocycles. The van der Waals surface area contributed by atoms with E-state index < -0.39 is 23.4 Å². The first-order chi connectivity index (χ1) is 13.4. The second kappa shape index (κ2) is 8.28. The van der Waals surface area contributed by atoms with E-state index in [-0.39, 0.29) is 22.1 Å². The van der Waals surface area contributed by atoms with Gasteiger partial charge in [-0.05, 0) is 24.5 Å². The molecule has 144 valence electrons. The van der Waals surface area contributed by atoms with Gasteiger partial charge in [0.05, 0.1) is 21.2 Å². The van der Waals surface area contributed by atoms with Gasteiger partial charge in [0.2, 0.25) is 0 Å². The molecule has 2 aromatic heterocycles. The molecule has 1 amide bonds. The Morgan fingerprint density at radius 3 is 2.86 bits per heavy atom. The zero-order valence-corrected chi connectivity index (χ0v) is 16.0. The van der Waals surface area contributed by atoms with Crippen molar-refractivity contribution < 1.29 is 19.2 Å². The number of carbonyl (C=O) groups excluding carboxylic acids is 2. The molecule has 0 bridgehead atoms. The van der Waals surface area contributed by atoms with E-state index >= 15 is 0 Å². The van der Waals surface area contributed by atoms with Gasteiger partial charge < -0.3 is 10.1 Å². The molecule has 9 nitrogen and oxygen atoms in total. The van der Waals surface area contributed by atoms with Crippen LogP contribution in [-0.2, 0) is 9.53 Å². The molecule has 0 aliphatic heterocycles. The molecule has 0 radical (unpaired) electrons. The van der Waals surface area contributed by atoms with Crippen molar-refractivity contribution in [3.8, 4) is 0 Å². The van der Waals surface area contributed by atoms with Crippen molar-refractivity contribution in [1.29, 1.82) is 0 Å². The van der Waals surface area contributed by atoms with Gasteiger partial charge in [-0.1, -0.05) is 29.4 Å². The molecule has 0 spiro atoms. The summed E-state index contributed by atoms with van der Waals surface area (Å²) in [6, 6.07) is 8.91. The number of esters is 1. The number of rotatable bonds is 6. The maximum absolute atomic E-state index is 12.4. The molecule has 28 heavy (non-hydrogen) atoms. The number of nitrogens with zero attached hydrogens (tertiary/aromatic N) is 3. The number of fused-ring (bicyclic) bond motifs is 1. The summed E-state index contributed by atoms with van der Waals surface area (Å²) < 4.78 is 6.77. The lowest BCUT2D eigenvalue weighted by atomic mass is 10.3. The lowest BCUT2D eigenvalue weighted by Gasteiger charge is -2.07. The number of non-ortho nitro benzene ring substituents is 1. The van der Waals surface area contributed by atoms with Crippen molar-refractivity contribution >= 4 is 52.1 Å². The first kappa shape index (κ1) is 19.6. The molecular weight excluding hydrogens is 408 g/mol. The zero-order valence-electron chi connectivity index (χ0n) is 14.4. The van der Waals surface area contributed by atoms with Gasteiger partial charge >= 0.3 is 5.97 Å². The van der Waals surface area contributed by atoms with Crippen LogP contribution in [0.2, 0.25) is 5.02 Å². The number of anilines is 1. The Morgan fingerprint density at radius 2 is 2.14 bits per heavy atom. The van der Waals surface area contributed by atoms with E-state index in [4.69, 9.17) is 16.3 Å². The predicted molar refractivity (Wildman–Crippen MR) is 104 cm³/mol. The highest BCUT2D eigenvalue weighted by molar-refractivity contribution is 7.98. The van der Waals surface area contributed by atoms with Crippen LogP contribution in [0.25, 0.3) is 5.52 Å². The number of hydrogen-bond donors (Lipinski definition) is 1. The van der Waals surface area contributed by atoms with Crippen LogP contribution in [0.5, 0.6) is 0 Å². The van der Waals surface area contributed by atoms with Gasteiger partial charge in [-0.2, -0.15) is 0 Å². The largest absolute Gasteiger partial charge is 0.451 e. The maximum atomic E-state index is 12.4. The monoisotopic (exact) mass is 420 g/mol. The Bertz CT molecular complexity index is 1080. The van der Waals surface area contributed by atoms with E-state index in [0.717, 1.165) is 6.07 Å². The number of hydrogen-bond acceptors (Lipinski definition) is 7. The normalized spacial score (nSPS) is 10.6. The molecule has 0 unspecified atom stereocenters. The Morgan fingerprint density at radius 1 is 1.36 bits per heavy atom. The van der Waals surface area contributed by atoms with Crippen LogP contribution in [0.4, 0.5) is 11.4 Å². The van der Waals surface area contributed by atoms with E-state index in [1.165, 1.54) is 23.9 Å². The average molecular weight is 421 g/mol. The van der Waals surface area contributed by atoms with Crippen molar-refractivity contribution in [3.05, 3.63) is 63.4 Å². The first-order valence-electron chi connectivity index (χ1n) is 7.82. The van der Waals surface area contributed by atoms with Crippen molar-refractivity contribution in [2.45, 2.75) is 5.16 Å². The van der Waals surface area contributed by atoms with Crippen LogP contribution >= 0.6 is 23.4 Å². The van der Waals surface area contributed by atoms with E-state index in [9.17, 15) is 19.7 Å². The Kier molecular flexibility index (Phi) is 5.81. The number of thioether (sulfide) groups is 1. The number of ether oxygens (including phenoxy) is 1. The van der Waals surface area contributed by atoms with Gasteiger partial charge in [0.25, 0.3) is 11.6 Å². The van der Waals surface area contributed by atoms with Crippen molar-refractivity contribution in [2.24, 2.45) is 0 Å². The second-order valence-electron chi connectivity index (χ2n) is 5.45. The van der Waals surface area contributed by atoms with E-state index in [1.807, 2.05) is 6.26 Å². The van der Waals surface area contributed by atoms with E-state index in [0.29, 0.717) is 10.7 Å². The molecule has 3 rings (SSSR count). The van der Waals surface area contributed by atoms with Crippen molar-refractivity contribution in [1.82, 2.24) is 9.38 Å². The number of amides is 1. The fourth-order valence-electron chi connectivity index (χ4n) is 2.41. The summed E-state index contributed by atoms with van der Waals surface area (Å²) in [7, 11) is 0. The number of carbonyl (C=O) groups is 2. The summed E-state index contributed by atoms with van der Waals surface area (Å²) in [6.07, 6.45) is 3.59. The van der Waals surface area contributed by atoms with Crippen LogP contribution in [-0.4, -0.2) is 39.0 Å². The lowest BCUT2D eigenvalue weighted by molar-refractivity contribution is -0.384. The third-order valence-corrected chi connectivity index (χ3v) is 4.64. The number of pyridine rings is 1. The van der Waals surface area contributed by atoms with Crippen molar-refractivity contribution in [3.63, 3.8) is 0 Å². The molecule has 0 aliphatic rings. The minimum absolute atomic E-state index is 0.0500. The van der Waals surface area contributed by atoms with Crippen LogP contribution in [0.1, 0.15) is 10.5 Å². The molecule has 0 saturated carbocycles. The van der Waals surface area contributed by atoms with E-state index in [1.54, 1.807) is 28.8 Å². The number of halogens is 1. The van der Waals surface area contributed by atoms with E-state index in [2.05, 4.69) is 10.3 Å². The second-order valence-corrected chi connectivity index (χ2v) is 6.63. The van der Waals surface area contributed by atoms with Gasteiger partial charge in [0.15, 0.2) is 17.5 Å². The van der Waals surface area contributed by atoms with Crippen LogP contribution in [0.3, 0.4) is 0 Å². The van der Waals surface area contributed by atoms with Crippen LogP contribution in [0, 0.1) is 10.1 Å². The molecule has 0 saturated heterocycles. The molecule has 3 aromatic rings. The minimum Gasteiger partial charge on any atom is -0.451 e. The number of nitro benzene ring substituents is 1. The summed E-state index contributed by atoms with van der Waals surface area (Å²) in [6.45, 7) is -0.599. The smallest absolute Gasteiger partial charge is 0.359 e. The number of nitrogens with one attached hydrogen (secondary N) is 1. The molecule has 0 aliphatic carbocycles. The summed E-state index contributed by atoms with van der Waals surface area (Å²) in [5.41, 5.74) is 0.463. The summed E-state index contributed by atoms with van der Waals surface area (Å²) in [4.78, 5) is 38.9. The highest BCUT2D eigenvalue weighted by Gasteiger charge is 2.20. The lowest BCUT2D eigenvalue weighted by Crippen LogP contribution is -2.21. The van der Waals surface area contributed by atoms with Gasteiger partial charge in [0.1, 0.15) is 0 Å². The summed E-state index contributed by atoms with van der Waals surface area (Å²) >= 11 is 7.29. The van der Waals surface area contributed by atoms with Crippen LogP contribution < -0.4 is 5.32 Å². The Labute approximate surface area is 167 Å². The SMILES string of the molecule is CSc1nc(C(=O)OCC(=O)Nc2cc([N+](=O)[O-])ccc2Cl)c2ccccn12. The fraction of sp³-hybridized carbons (Fsp3) is 0.118. The summed E-state index contributed by atoms with van der Waals surface area (Å²) in [5.74, 6) is -1.45. The number of aromatic nitrogens is 2. The fourth-order valence-corrected chi connectivity index (χ4v) is 3.12. The third kappa shape index (κ3) is 4.07. The Hall–Kier alpha value is -3.11. The molecular formula is C17H13ClN4O5S. The molecule has 0 fully saturated rings. The predicted octanol–water partition coefficient (Wildman–Crippen LogP) is 3.41. The van der Waals surface area contributed by atoms with Gasteiger partial charge in [-0.15, -0.1) is 0 Å². The number of benzene rings is 1. The molecule has 1 aromatic carbocycles.